The van der Waals surface area contributed by atoms with Crippen molar-refractivity contribution in [3.63, 3.8) is 0 Å². The Bertz CT molecular complexity index is 806. The van der Waals surface area contributed by atoms with Crippen LogP contribution < -0.4 is 15.8 Å². The van der Waals surface area contributed by atoms with E-state index < -0.39 is 23.9 Å². The van der Waals surface area contributed by atoms with E-state index in [0.717, 1.165) is 5.56 Å². The van der Waals surface area contributed by atoms with E-state index in [1.54, 1.807) is 12.1 Å². The Balaban J connectivity index is 1.83. The third-order valence-corrected chi connectivity index (χ3v) is 3.50. The molecule has 0 aliphatic carbocycles. The van der Waals surface area contributed by atoms with Crippen LogP contribution in [0.3, 0.4) is 0 Å². The first-order chi connectivity index (χ1) is 12.8. The normalized spacial score (nSPS) is 11.3. The van der Waals surface area contributed by atoms with Gasteiger partial charge in [-0.25, -0.2) is 9.18 Å². The molecule has 0 unspecified atom stereocenters. The van der Waals surface area contributed by atoms with E-state index >= 15 is 0 Å². The molecule has 8 heteroatoms. The number of ether oxygens (including phenoxy) is 2. The smallest absolute Gasteiger partial charge is 0.338 e. The van der Waals surface area contributed by atoms with Gasteiger partial charge in [0.05, 0.1) is 5.56 Å². The first-order valence-corrected chi connectivity index (χ1v) is 8.09. The fraction of sp³-hybridized carbons (Fsp3) is 0.211. The summed E-state index contributed by atoms with van der Waals surface area (Å²) >= 11 is 0. The second kappa shape index (κ2) is 9.33. The number of halogens is 1. The first kappa shape index (κ1) is 19.9. The van der Waals surface area contributed by atoms with Crippen LogP contribution in [0, 0.1) is 5.82 Å². The lowest BCUT2D eigenvalue weighted by molar-refractivity contribution is -0.129. The number of carbonyl (C=O) groups excluding carboxylic acids is 3. The van der Waals surface area contributed by atoms with E-state index in [0.29, 0.717) is 5.75 Å². The van der Waals surface area contributed by atoms with Gasteiger partial charge in [0, 0.05) is 6.54 Å². The Morgan fingerprint density at radius 1 is 1.07 bits per heavy atom. The highest BCUT2D eigenvalue weighted by atomic mass is 19.1. The molecule has 0 saturated carbocycles. The Kier molecular flexibility index (Phi) is 6.87. The monoisotopic (exact) mass is 374 g/mol. The van der Waals surface area contributed by atoms with Crippen LogP contribution in [0.15, 0.2) is 48.5 Å². The zero-order valence-corrected chi connectivity index (χ0v) is 14.6. The van der Waals surface area contributed by atoms with Crippen molar-refractivity contribution in [2.75, 3.05) is 6.61 Å². The minimum Gasteiger partial charge on any atom is -0.484 e. The Labute approximate surface area is 155 Å². The van der Waals surface area contributed by atoms with E-state index in [2.05, 4.69) is 5.32 Å². The number of primary amides is 1. The van der Waals surface area contributed by atoms with Crippen molar-refractivity contribution in [2.24, 2.45) is 5.73 Å². The Morgan fingerprint density at radius 3 is 2.30 bits per heavy atom. The maximum Gasteiger partial charge on any atom is 0.338 e. The molecule has 0 aromatic heterocycles. The van der Waals surface area contributed by atoms with E-state index in [1.807, 2.05) is 0 Å². The van der Waals surface area contributed by atoms with Gasteiger partial charge in [-0.3, -0.25) is 9.59 Å². The van der Waals surface area contributed by atoms with Crippen molar-refractivity contribution in [2.45, 2.75) is 19.6 Å². The number of esters is 1. The summed E-state index contributed by atoms with van der Waals surface area (Å²) in [4.78, 5) is 34.8. The zero-order valence-electron chi connectivity index (χ0n) is 14.6. The van der Waals surface area contributed by atoms with Crippen LogP contribution >= 0.6 is 0 Å². The largest absolute Gasteiger partial charge is 0.484 e. The maximum absolute atomic E-state index is 12.8. The molecule has 0 aliphatic heterocycles. The number of amides is 2. The number of hydrogen-bond donors (Lipinski definition) is 2. The molecule has 0 saturated heterocycles. The Morgan fingerprint density at radius 2 is 1.70 bits per heavy atom. The van der Waals surface area contributed by atoms with Crippen LogP contribution in [0.25, 0.3) is 0 Å². The topological polar surface area (TPSA) is 108 Å². The van der Waals surface area contributed by atoms with Gasteiger partial charge in [-0.05, 0) is 48.9 Å². The van der Waals surface area contributed by atoms with Gasteiger partial charge in [0.1, 0.15) is 11.6 Å². The predicted molar refractivity (Wildman–Crippen MR) is 94.3 cm³/mol. The summed E-state index contributed by atoms with van der Waals surface area (Å²) in [6.45, 7) is 1.37. The number of hydrogen-bond acceptors (Lipinski definition) is 5. The summed E-state index contributed by atoms with van der Waals surface area (Å²) in [5, 5.41) is 2.61. The molecule has 0 heterocycles. The first-order valence-electron chi connectivity index (χ1n) is 8.09. The average Bonchev–Trinajstić information content (AvgIpc) is 2.65. The van der Waals surface area contributed by atoms with Crippen LogP contribution in [0.5, 0.6) is 5.75 Å². The van der Waals surface area contributed by atoms with Crippen LogP contribution in [-0.2, 0) is 20.9 Å². The second-order valence-corrected chi connectivity index (χ2v) is 5.67. The summed E-state index contributed by atoms with van der Waals surface area (Å²) in [5.74, 6) is -1.76. The molecule has 0 fully saturated rings. The molecule has 7 nitrogen and oxygen atoms in total. The average molecular weight is 374 g/mol. The van der Waals surface area contributed by atoms with Gasteiger partial charge in [-0.2, -0.15) is 0 Å². The molecule has 0 radical (unpaired) electrons. The van der Waals surface area contributed by atoms with Gasteiger partial charge in [-0.1, -0.05) is 12.1 Å². The van der Waals surface area contributed by atoms with Gasteiger partial charge >= 0.3 is 5.97 Å². The van der Waals surface area contributed by atoms with Crippen molar-refractivity contribution < 1.29 is 28.2 Å². The minimum atomic E-state index is -1.01. The molecule has 0 spiro atoms. The highest BCUT2D eigenvalue weighted by Gasteiger charge is 2.18. The van der Waals surface area contributed by atoms with Crippen molar-refractivity contribution in [1.82, 2.24) is 5.32 Å². The fourth-order valence-electron chi connectivity index (χ4n) is 2.06. The third kappa shape index (κ3) is 6.43. The standard InChI is InChI=1S/C19H19FN2O5/c1-12(18(24)22-10-13-2-6-15(20)7-3-13)27-19(25)14-4-8-16(9-5-14)26-11-17(21)23/h2-9,12H,10-11H2,1H3,(H2,21,23)(H,22,24)/t12-/m0/s1. The summed E-state index contributed by atoms with van der Waals surface area (Å²) in [5.41, 5.74) is 5.92. The van der Waals surface area contributed by atoms with Crippen LogP contribution in [0.1, 0.15) is 22.8 Å². The van der Waals surface area contributed by atoms with Gasteiger partial charge in [-0.15, -0.1) is 0 Å². The maximum atomic E-state index is 12.8. The molecule has 2 aromatic rings. The van der Waals surface area contributed by atoms with Gasteiger partial charge in [0.15, 0.2) is 12.7 Å². The SMILES string of the molecule is C[C@H](OC(=O)c1ccc(OCC(N)=O)cc1)C(=O)NCc1ccc(F)cc1. The lowest BCUT2D eigenvalue weighted by Crippen LogP contribution is -2.35. The summed E-state index contributed by atoms with van der Waals surface area (Å²) in [6.07, 6.45) is -1.01. The van der Waals surface area contributed by atoms with E-state index in [1.165, 1.54) is 43.3 Å². The van der Waals surface area contributed by atoms with Gasteiger partial charge in [0.25, 0.3) is 11.8 Å². The molecule has 0 aliphatic rings. The van der Waals surface area contributed by atoms with Gasteiger partial charge in [0.2, 0.25) is 0 Å². The highest BCUT2D eigenvalue weighted by Crippen LogP contribution is 2.13. The van der Waals surface area contributed by atoms with E-state index in [-0.39, 0.29) is 24.5 Å². The summed E-state index contributed by atoms with van der Waals surface area (Å²) < 4.78 is 23.1. The molecule has 1 atom stereocenters. The van der Waals surface area contributed by atoms with Crippen molar-refractivity contribution in [1.29, 1.82) is 0 Å². The molecule has 3 N–H and O–H groups in total. The molecular formula is C19H19FN2O5. The van der Waals surface area contributed by atoms with Crippen LogP contribution in [0.4, 0.5) is 4.39 Å². The van der Waals surface area contributed by atoms with Crippen molar-refractivity contribution >= 4 is 17.8 Å². The van der Waals surface area contributed by atoms with Crippen LogP contribution in [-0.4, -0.2) is 30.5 Å². The molecule has 2 rings (SSSR count). The Hall–Kier alpha value is -3.42. The third-order valence-electron chi connectivity index (χ3n) is 3.50. The van der Waals surface area contributed by atoms with Crippen molar-refractivity contribution in [3.05, 3.63) is 65.5 Å². The number of rotatable bonds is 8. The molecule has 2 amide bonds. The number of nitrogens with two attached hydrogens (primary N) is 1. The van der Waals surface area contributed by atoms with E-state index in [9.17, 15) is 18.8 Å². The minimum absolute atomic E-state index is 0.187. The zero-order chi connectivity index (χ0) is 19.8. The lowest BCUT2D eigenvalue weighted by Gasteiger charge is -2.14. The number of carbonyl (C=O) groups is 3. The number of benzene rings is 2. The fourth-order valence-corrected chi connectivity index (χ4v) is 2.06. The van der Waals surface area contributed by atoms with Crippen molar-refractivity contribution in [3.8, 4) is 5.75 Å². The highest BCUT2D eigenvalue weighted by molar-refractivity contribution is 5.92. The van der Waals surface area contributed by atoms with E-state index in [4.69, 9.17) is 15.2 Å². The molecule has 142 valence electrons. The molecule has 2 aromatic carbocycles. The lowest BCUT2D eigenvalue weighted by atomic mass is 10.2. The molecular weight excluding hydrogens is 355 g/mol. The summed E-state index contributed by atoms with van der Waals surface area (Å²) in [7, 11) is 0. The van der Waals surface area contributed by atoms with Gasteiger partial charge < -0.3 is 20.5 Å². The number of nitrogens with one attached hydrogen (secondary N) is 1. The quantitative estimate of drug-likeness (QED) is 0.682. The molecule has 0 bridgehead atoms. The molecule has 27 heavy (non-hydrogen) atoms. The summed E-state index contributed by atoms with van der Waals surface area (Å²) in [6, 6.07) is 11.5. The van der Waals surface area contributed by atoms with Crippen LogP contribution in [0.2, 0.25) is 0 Å². The second-order valence-electron chi connectivity index (χ2n) is 5.67. The predicted octanol–water partition coefficient (Wildman–Crippen LogP) is 1.55.